The fourth-order valence-electron chi connectivity index (χ4n) is 1.61. The van der Waals surface area contributed by atoms with E-state index in [1.165, 1.54) is 6.07 Å². The van der Waals surface area contributed by atoms with Gasteiger partial charge in [0.15, 0.2) is 0 Å². The van der Waals surface area contributed by atoms with Crippen molar-refractivity contribution in [2.24, 2.45) is 0 Å². The maximum atomic E-state index is 11.5. The highest BCUT2D eigenvalue weighted by Gasteiger charge is 2.19. The lowest BCUT2D eigenvalue weighted by Crippen LogP contribution is -2.07. The molecule has 19 heavy (non-hydrogen) atoms. The Morgan fingerprint density at radius 3 is 2.63 bits per heavy atom. The number of carbonyl (C=O) groups is 1. The van der Waals surface area contributed by atoms with Gasteiger partial charge in [0.1, 0.15) is 5.52 Å². The highest BCUT2D eigenvalue weighted by atomic mass is 32.2. The van der Waals surface area contributed by atoms with Gasteiger partial charge in [-0.3, -0.25) is 4.79 Å². The summed E-state index contributed by atoms with van der Waals surface area (Å²) < 4.78 is 23.5. The van der Waals surface area contributed by atoms with E-state index in [2.05, 4.69) is 4.98 Å². The predicted molar refractivity (Wildman–Crippen MR) is 73.2 cm³/mol. The Morgan fingerprint density at radius 1 is 1.47 bits per heavy atom. The monoisotopic (exact) mass is 300 g/mol. The second-order valence-electron chi connectivity index (χ2n) is 4.27. The third-order valence-corrected chi connectivity index (χ3v) is 5.40. The second-order valence-corrected chi connectivity index (χ2v) is 7.49. The van der Waals surface area contributed by atoms with Crippen LogP contribution >= 0.6 is 11.3 Å². The minimum absolute atomic E-state index is 0.0191. The molecule has 6 nitrogen and oxygen atoms in total. The van der Waals surface area contributed by atoms with Crippen LogP contribution in [0.25, 0.3) is 10.2 Å². The average molecular weight is 300 g/mol. The Bertz CT molecular complexity index is 764. The van der Waals surface area contributed by atoms with Gasteiger partial charge in [0.25, 0.3) is 0 Å². The number of benzene rings is 1. The normalized spacial score (nSPS) is 13.6. The zero-order valence-electron chi connectivity index (χ0n) is 10.2. The van der Waals surface area contributed by atoms with Crippen LogP contribution in [-0.4, -0.2) is 30.7 Å². The SMILES string of the molecule is CC(C(=O)O)c1cc(N)c2nc(S(C)(=O)=O)sc2c1. The first kappa shape index (κ1) is 13.8. The van der Waals surface area contributed by atoms with Crippen LogP contribution < -0.4 is 5.73 Å². The Labute approximate surface area is 113 Å². The number of carboxylic acids is 1. The van der Waals surface area contributed by atoms with E-state index in [1.54, 1.807) is 13.0 Å². The number of fused-ring (bicyclic) bond motifs is 1. The van der Waals surface area contributed by atoms with Gasteiger partial charge in [-0.2, -0.15) is 0 Å². The molecule has 0 saturated carbocycles. The number of nitrogen functional groups attached to an aromatic ring is 1. The summed E-state index contributed by atoms with van der Waals surface area (Å²) >= 11 is 0.990. The van der Waals surface area contributed by atoms with E-state index >= 15 is 0 Å². The van der Waals surface area contributed by atoms with Crippen molar-refractivity contribution >= 4 is 43.0 Å². The average Bonchev–Trinajstić information content (AvgIpc) is 2.71. The number of sulfone groups is 1. The molecule has 1 unspecified atom stereocenters. The van der Waals surface area contributed by atoms with E-state index in [0.717, 1.165) is 17.6 Å². The van der Waals surface area contributed by atoms with Crippen LogP contribution in [0, 0.1) is 0 Å². The van der Waals surface area contributed by atoms with Crippen LogP contribution in [0.15, 0.2) is 16.5 Å². The first-order chi connectivity index (χ1) is 8.70. The summed E-state index contributed by atoms with van der Waals surface area (Å²) in [5, 5.41) is 8.98. The first-order valence-corrected chi connectivity index (χ1v) is 8.03. The Morgan fingerprint density at radius 2 is 2.11 bits per heavy atom. The quantitative estimate of drug-likeness (QED) is 0.830. The Balaban J connectivity index is 2.67. The van der Waals surface area contributed by atoms with Crippen LogP contribution in [0.1, 0.15) is 18.4 Å². The van der Waals surface area contributed by atoms with Crippen molar-refractivity contribution in [1.29, 1.82) is 0 Å². The van der Waals surface area contributed by atoms with Crippen LogP contribution in [0.4, 0.5) is 5.69 Å². The first-order valence-electron chi connectivity index (χ1n) is 5.33. The van der Waals surface area contributed by atoms with Crippen molar-refractivity contribution in [2.45, 2.75) is 17.2 Å². The van der Waals surface area contributed by atoms with Crippen molar-refractivity contribution < 1.29 is 18.3 Å². The number of thiazole rings is 1. The van der Waals surface area contributed by atoms with E-state index in [9.17, 15) is 13.2 Å². The topological polar surface area (TPSA) is 110 Å². The van der Waals surface area contributed by atoms with Crippen molar-refractivity contribution in [1.82, 2.24) is 4.98 Å². The minimum atomic E-state index is -3.40. The number of hydrogen-bond acceptors (Lipinski definition) is 6. The maximum Gasteiger partial charge on any atom is 0.310 e. The highest BCUT2D eigenvalue weighted by molar-refractivity contribution is 7.92. The summed E-state index contributed by atoms with van der Waals surface area (Å²) in [6.07, 6.45) is 1.07. The number of hydrogen-bond donors (Lipinski definition) is 2. The van der Waals surface area contributed by atoms with Crippen LogP contribution in [0.3, 0.4) is 0 Å². The third kappa shape index (κ3) is 2.54. The predicted octanol–water partition coefficient (Wildman–Crippen LogP) is 1.47. The molecule has 0 fully saturated rings. The Kier molecular flexibility index (Phi) is 3.23. The van der Waals surface area contributed by atoms with Gasteiger partial charge in [-0.15, -0.1) is 11.3 Å². The third-order valence-electron chi connectivity index (χ3n) is 2.71. The number of nitrogens with two attached hydrogens (primary N) is 1. The lowest BCUT2D eigenvalue weighted by Gasteiger charge is -2.07. The van der Waals surface area contributed by atoms with Gasteiger partial charge in [0.05, 0.1) is 16.3 Å². The molecule has 3 N–H and O–H groups in total. The fourth-order valence-corrected chi connectivity index (χ4v) is 3.52. The summed E-state index contributed by atoms with van der Waals surface area (Å²) in [6.45, 7) is 1.54. The molecule has 0 saturated heterocycles. The van der Waals surface area contributed by atoms with Crippen LogP contribution in [-0.2, 0) is 14.6 Å². The number of carboxylic acid groups (broad SMARTS) is 1. The lowest BCUT2D eigenvalue weighted by atomic mass is 10.0. The summed E-state index contributed by atoms with van der Waals surface area (Å²) in [7, 11) is -3.40. The number of anilines is 1. The molecule has 2 aromatic rings. The lowest BCUT2D eigenvalue weighted by molar-refractivity contribution is -0.138. The molecule has 1 atom stereocenters. The van der Waals surface area contributed by atoms with E-state index in [4.69, 9.17) is 10.8 Å². The van der Waals surface area contributed by atoms with E-state index in [0.29, 0.717) is 15.8 Å². The molecule has 0 spiro atoms. The molecule has 0 aliphatic carbocycles. The summed E-state index contributed by atoms with van der Waals surface area (Å²) in [5.74, 6) is -1.68. The van der Waals surface area contributed by atoms with Gasteiger partial charge in [-0.05, 0) is 24.6 Å². The molecule has 102 valence electrons. The molecule has 1 aromatic carbocycles. The molecule has 2 rings (SSSR count). The molecule has 0 bridgehead atoms. The van der Waals surface area contributed by atoms with Crippen molar-refractivity contribution in [3.05, 3.63) is 17.7 Å². The molecular weight excluding hydrogens is 288 g/mol. The van der Waals surface area contributed by atoms with Gasteiger partial charge in [-0.25, -0.2) is 13.4 Å². The van der Waals surface area contributed by atoms with Gasteiger partial charge in [0.2, 0.25) is 14.2 Å². The number of aromatic nitrogens is 1. The van der Waals surface area contributed by atoms with Gasteiger partial charge < -0.3 is 10.8 Å². The number of rotatable bonds is 3. The minimum Gasteiger partial charge on any atom is -0.481 e. The second kappa shape index (κ2) is 4.46. The number of nitrogens with zero attached hydrogens (tertiary/aromatic N) is 1. The summed E-state index contributed by atoms with van der Waals surface area (Å²) in [4.78, 5) is 14.9. The molecule has 1 aromatic heterocycles. The number of aliphatic carboxylic acids is 1. The van der Waals surface area contributed by atoms with Gasteiger partial charge >= 0.3 is 5.97 Å². The summed E-state index contributed by atoms with van der Waals surface area (Å²) in [5.41, 5.74) is 7.02. The van der Waals surface area contributed by atoms with E-state index in [1.807, 2.05) is 0 Å². The largest absolute Gasteiger partial charge is 0.481 e. The summed E-state index contributed by atoms with van der Waals surface area (Å²) in [6, 6.07) is 3.14. The van der Waals surface area contributed by atoms with E-state index < -0.39 is 21.7 Å². The fraction of sp³-hybridized carbons (Fsp3) is 0.273. The molecule has 0 amide bonds. The standard InChI is InChI=1S/C11H12N2O4S2/c1-5(10(14)15)6-3-7(12)9-8(4-6)18-11(13-9)19(2,16)17/h3-5H,12H2,1-2H3,(H,14,15). The van der Waals surface area contributed by atoms with Crippen LogP contribution in [0.2, 0.25) is 0 Å². The highest BCUT2D eigenvalue weighted by Crippen LogP contribution is 2.32. The van der Waals surface area contributed by atoms with Gasteiger partial charge in [0, 0.05) is 6.26 Å². The zero-order chi connectivity index (χ0) is 14.4. The molecule has 1 heterocycles. The molecule has 0 aliphatic heterocycles. The van der Waals surface area contributed by atoms with Crippen molar-refractivity contribution in [3.63, 3.8) is 0 Å². The molecular formula is C11H12N2O4S2. The smallest absolute Gasteiger partial charge is 0.310 e. The van der Waals surface area contributed by atoms with Gasteiger partial charge in [-0.1, -0.05) is 0 Å². The molecule has 0 aliphatic rings. The van der Waals surface area contributed by atoms with Crippen molar-refractivity contribution in [3.8, 4) is 0 Å². The zero-order valence-corrected chi connectivity index (χ0v) is 11.9. The maximum absolute atomic E-state index is 11.5. The van der Waals surface area contributed by atoms with Crippen molar-refractivity contribution in [2.75, 3.05) is 12.0 Å². The molecule has 8 heteroatoms. The Hall–Kier alpha value is -1.67. The molecule has 0 radical (unpaired) electrons. The van der Waals surface area contributed by atoms with Crippen LogP contribution in [0.5, 0.6) is 0 Å². The van der Waals surface area contributed by atoms with E-state index in [-0.39, 0.29) is 10.0 Å².